The highest BCUT2D eigenvalue weighted by Gasteiger charge is 2.22. The predicted molar refractivity (Wildman–Crippen MR) is 81.1 cm³/mol. The van der Waals surface area contributed by atoms with E-state index in [4.69, 9.17) is 11.6 Å². The molecule has 0 bridgehead atoms. The zero-order chi connectivity index (χ0) is 14.1. The summed E-state index contributed by atoms with van der Waals surface area (Å²) in [6.45, 7) is 3.56. The van der Waals surface area contributed by atoms with Gasteiger partial charge in [-0.05, 0) is 48.2 Å². The second-order valence-electron chi connectivity index (χ2n) is 5.20. The molecule has 3 heteroatoms. The van der Waals surface area contributed by atoms with Crippen molar-refractivity contribution in [1.82, 2.24) is 4.90 Å². The van der Waals surface area contributed by atoms with Crippen LogP contribution < -0.4 is 0 Å². The minimum absolute atomic E-state index is 0.0569. The molecule has 0 aliphatic carbocycles. The highest BCUT2D eigenvalue weighted by Crippen LogP contribution is 2.24. The fraction of sp³-hybridized carbons (Fsp3) is 0.235. The van der Waals surface area contributed by atoms with Crippen LogP contribution in [0.15, 0.2) is 42.5 Å². The van der Waals surface area contributed by atoms with Crippen molar-refractivity contribution in [3.05, 3.63) is 69.7 Å². The van der Waals surface area contributed by atoms with Gasteiger partial charge in [0, 0.05) is 23.7 Å². The molecule has 3 rings (SSSR count). The third kappa shape index (κ3) is 2.44. The average molecular weight is 286 g/mol. The van der Waals surface area contributed by atoms with Gasteiger partial charge in [-0.1, -0.05) is 35.9 Å². The second kappa shape index (κ2) is 5.29. The first kappa shape index (κ1) is 13.2. The molecule has 1 aliphatic heterocycles. The fourth-order valence-corrected chi connectivity index (χ4v) is 2.92. The third-order valence-corrected chi connectivity index (χ3v) is 4.10. The normalized spacial score (nSPS) is 14.0. The standard InChI is InChI=1S/C17H16ClNO/c1-12-4-2-5-13-8-9-19(11-16(12)13)17(20)14-6-3-7-15(18)10-14/h2-7,10H,8-9,11H2,1H3. The van der Waals surface area contributed by atoms with E-state index < -0.39 is 0 Å². The molecule has 2 nitrogen and oxygen atoms in total. The van der Waals surface area contributed by atoms with Crippen molar-refractivity contribution in [2.45, 2.75) is 19.9 Å². The largest absolute Gasteiger partial charge is 0.334 e. The van der Waals surface area contributed by atoms with Gasteiger partial charge < -0.3 is 4.90 Å². The maximum atomic E-state index is 12.5. The Hall–Kier alpha value is -1.80. The Morgan fingerprint density at radius 2 is 2.00 bits per heavy atom. The van der Waals surface area contributed by atoms with Crippen molar-refractivity contribution in [2.24, 2.45) is 0 Å². The van der Waals surface area contributed by atoms with Gasteiger partial charge in [-0.25, -0.2) is 0 Å². The van der Waals surface area contributed by atoms with Crippen LogP contribution in [0.3, 0.4) is 0 Å². The molecule has 0 saturated carbocycles. The number of rotatable bonds is 1. The maximum Gasteiger partial charge on any atom is 0.254 e. The summed E-state index contributed by atoms with van der Waals surface area (Å²) in [5.41, 5.74) is 4.56. The Labute approximate surface area is 124 Å². The van der Waals surface area contributed by atoms with Gasteiger partial charge >= 0.3 is 0 Å². The molecule has 2 aromatic carbocycles. The fourth-order valence-electron chi connectivity index (χ4n) is 2.73. The van der Waals surface area contributed by atoms with Gasteiger partial charge in [0.2, 0.25) is 0 Å². The lowest BCUT2D eigenvalue weighted by atomic mass is 9.95. The van der Waals surface area contributed by atoms with Gasteiger partial charge in [0.1, 0.15) is 0 Å². The molecule has 0 fully saturated rings. The van der Waals surface area contributed by atoms with Crippen LogP contribution in [-0.4, -0.2) is 17.4 Å². The van der Waals surface area contributed by atoms with Crippen molar-refractivity contribution in [2.75, 3.05) is 6.54 Å². The van der Waals surface area contributed by atoms with E-state index in [1.54, 1.807) is 12.1 Å². The van der Waals surface area contributed by atoms with Crippen LogP contribution in [0.1, 0.15) is 27.0 Å². The summed E-state index contributed by atoms with van der Waals surface area (Å²) in [5.74, 6) is 0.0569. The lowest BCUT2D eigenvalue weighted by molar-refractivity contribution is 0.0734. The minimum atomic E-state index is 0.0569. The zero-order valence-corrected chi connectivity index (χ0v) is 12.2. The predicted octanol–water partition coefficient (Wildman–Crippen LogP) is 3.85. The highest BCUT2D eigenvalue weighted by atomic mass is 35.5. The van der Waals surface area contributed by atoms with Crippen LogP contribution >= 0.6 is 11.6 Å². The summed E-state index contributed by atoms with van der Waals surface area (Å²) in [6.07, 6.45) is 0.920. The highest BCUT2D eigenvalue weighted by molar-refractivity contribution is 6.30. The molecule has 0 aromatic heterocycles. The van der Waals surface area contributed by atoms with E-state index >= 15 is 0 Å². The molecular weight excluding hydrogens is 270 g/mol. The van der Waals surface area contributed by atoms with Crippen LogP contribution in [0, 0.1) is 6.92 Å². The number of benzene rings is 2. The molecule has 0 atom stereocenters. The third-order valence-electron chi connectivity index (χ3n) is 3.87. The van der Waals surface area contributed by atoms with Crippen LogP contribution in [0.5, 0.6) is 0 Å². The lowest BCUT2D eigenvalue weighted by Gasteiger charge is -2.30. The van der Waals surface area contributed by atoms with Gasteiger partial charge in [0.25, 0.3) is 5.91 Å². The monoisotopic (exact) mass is 285 g/mol. The molecule has 0 N–H and O–H groups in total. The van der Waals surface area contributed by atoms with Crippen LogP contribution in [0.25, 0.3) is 0 Å². The Morgan fingerprint density at radius 3 is 2.80 bits per heavy atom. The maximum absolute atomic E-state index is 12.5. The Kier molecular flexibility index (Phi) is 3.49. The number of hydrogen-bond acceptors (Lipinski definition) is 1. The van der Waals surface area contributed by atoms with Crippen molar-refractivity contribution in [1.29, 1.82) is 0 Å². The number of carbonyl (C=O) groups excluding carboxylic acids is 1. The first-order valence-electron chi connectivity index (χ1n) is 6.77. The van der Waals surface area contributed by atoms with Crippen LogP contribution in [-0.2, 0) is 13.0 Å². The quantitative estimate of drug-likeness (QED) is 0.779. The Morgan fingerprint density at radius 1 is 1.20 bits per heavy atom. The molecule has 0 spiro atoms. The van der Waals surface area contributed by atoms with E-state index in [2.05, 4.69) is 25.1 Å². The van der Waals surface area contributed by atoms with Crippen molar-refractivity contribution >= 4 is 17.5 Å². The molecule has 1 heterocycles. The number of hydrogen-bond donors (Lipinski definition) is 0. The summed E-state index contributed by atoms with van der Waals surface area (Å²) < 4.78 is 0. The molecule has 1 aliphatic rings. The lowest BCUT2D eigenvalue weighted by Crippen LogP contribution is -2.36. The van der Waals surface area contributed by atoms with E-state index in [9.17, 15) is 4.79 Å². The van der Waals surface area contributed by atoms with E-state index in [0.717, 1.165) is 13.0 Å². The summed E-state index contributed by atoms with van der Waals surface area (Å²) >= 11 is 5.96. The average Bonchev–Trinajstić information content (AvgIpc) is 2.47. The molecular formula is C17H16ClNO. The Bertz CT molecular complexity index is 666. The van der Waals surface area contributed by atoms with Gasteiger partial charge in [-0.2, -0.15) is 0 Å². The van der Waals surface area contributed by atoms with Crippen molar-refractivity contribution in [3.63, 3.8) is 0 Å². The van der Waals surface area contributed by atoms with Gasteiger partial charge in [0.15, 0.2) is 0 Å². The number of halogens is 1. The molecule has 0 saturated heterocycles. The van der Waals surface area contributed by atoms with Gasteiger partial charge in [0.05, 0.1) is 0 Å². The van der Waals surface area contributed by atoms with E-state index in [0.29, 0.717) is 17.1 Å². The van der Waals surface area contributed by atoms with Crippen molar-refractivity contribution < 1.29 is 4.79 Å². The zero-order valence-electron chi connectivity index (χ0n) is 11.4. The molecule has 0 unspecified atom stereocenters. The van der Waals surface area contributed by atoms with Crippen LogP contribution in [0.4, 0.5) is 0 Å². The molecule has 20 heavy (non-hydrogen) atoms. The number of aryl methyl sites for hydroxylation is 1. The number of amides is 1. The van der Waals surface area contributed by atoms with E-state index in [1.165, 1.54) is 16.7 Å². The topological polar surface area (TPSA) is 20.3 Å². The van der Waals surface area contributed by atoms with Crippen molar-refractivity contribution in [3.8, 4) is 0 Å². The van der Waals surface area contributed by atoms with Gasteiger partial charge in [-0.3, -0.25) is 4.79 Å². The summed E-state index contributed by atoms with van der Waals surface area (Å²) in [6, 6.07) is 13.5. The summed E-state index contributed by atoms with van der Waals surface area (Å²) in [5, 5.41) is 0.601. The van der Waals surface area contributed by atoms with E-state index in [-0.39, 0.29) is 5.91 Å². The summed E-state index contributed by atoms with van der Waals surface area (Å²) in [4.78, 5) is 14.4. The smallest absolute Gasteiger partial charge is 0.254 e. The number of nitrogens with zero attached hydrogens (tertiary/aromatic N) is 1. The number of carbonyl (C=O) groups is 1. The minimum Gasteiger partial charge on any atom is -0.334 e. The first-order chi connectivity index (χ1) is 9.65. The molecule has 102 valence electrons. The van der Waals surface area contributed by atoms with Crippen LogP contribution in [0.2, 0.25) is 5.02 Å². The Balaban J connectivity index is 1.87. The SMILES string of the molecule is Cc1cccc2c1CN(C(=O)c1cccc(Cl)c1)CC2. The summed E-state index contributed by atoms with van der Waals surface area (Å²) in [7, 11) is 0. The number of fused-ring (bicyclic) bond motifs is 1. The molecule has 2 aromatic rings. The molecule has 0 radical (unpaired) electrons. The van der Waals surface area contributed by atoms with E-state index in [1.807, 2.05) is 17.0 Å². The first-order valence-corrected chi connectivity index (χ1v) is 7.15. The van der Waals surface area contributed by atoms with Gasteiger partial charge in [-0.15, -0.1) is 0 Å². The molecule has 1 amide bonds. The second-order valence-corrected chi connectivity index (χ2v) is 5.64.